The van der Waals surface area contributed by atoms with E-state index in [0.29, 0.717) is 16.9 Å². The highest BCUT2D eigenvalue weighted by Crippen LogP contribution is 2.23. The van der Waals surface area contributed by atoms with E-state index in [4.69, 9.17) is 0 Å². The third-order valence-electron chi connectivity index (χ3n) is 3.87. The van der Waals surface area contributed by atoms with E-state index in [2.05, 4.69) is 25.6 Å². The number of aromatic nitrogens is 3. The zero-order valence-corrected chi connectivity index (χ0v) is 13.9. The van der Waals surface area contributed by atoms with Crippen molar-refractivity contribution >= 4 is 23.5 Å². The molecule has 0 saturated heterocycles. The summed E-state index contributed by atoms with van der Waals surface area (Å²) in [7, 11) is 1.55. The minimum atomic E-state index is -0.426. The maximum atomic E-state index is 12.3. The van der Waals surface area contributed by atoms with E-state index < -0.39 is 11.5 Å². The van der Waals surface area contributed by atoms with Gasteiger partial charge in [0.15, 0.2) is 0 Å². The SMILES string of the molecule is CN(CCNC(=O)c1ccnc2c1CC(=O)N2)C(=O)c1cc(=O)[nH]cn1. The molecule has 3 heterocycles. The quantitative estimate of drug-likeness (QED) is 0.639. The predicted octanol–water partition coefficient (Wildman–Crippen LogP) is -0.838. The van der Waals surface area contributed by atoms with Crippen LogP contribution in [0.3, 0.4) is 0 Å². The van der Waals surface area contributed by atoms with E-state index in [1.165, 1.54) is 11.1 Å². The summed E-state index contributed by atoms with van der Waals surface area (Å²) in [5.74, 6) is -0.584. The second-order valence-corrected chi connectivity index (χ2v) is 5.69. The Morgan fingerprint density at radius 1 is 1.31 bits per heavy atom. The summed E-state index contributed by atoms with van der Waals surface area (Å²) in [5.41, 5.74) is 0.546. The lowest BCUT2D eigenvalue weighted by atomic mass is 10.1. The van der Waals surface area contributed by atoms with Crippen molar-refractivity contribution in [3.05, 3.63) is 51.8 Å². The summed E-state index contributed by atoms with van der Waals surface area (Å²) in [6.45, 7) is 0.423. The van der Waals surface area contributed by atoms with Gasteiger partial charge < -0.3 is 20.5 Å². The average molecular weight is 356 g/mol. The van der Waals surface area contributed by atoms with E-state index in [9.17, 15) is 19.2 Å². The van der Waals surface area contributed by atoms with Crippen LogP contribution >= 0.6 is 0 Å². The van der Waals surface area contributed by atoms with Crippen LogP contribution in [0.4, 0.5) is 5.82 Å². The van der Waals surface area contributed by atoms with Gasteiger partial charge in [-0.15, -0.1) is 0 Å². The number of hydrogen-bond donors (Lipinski definition) is 3. The molecule has 0 aliphatic carbocycles. The third kappa shape index (κ3) is 3.58. The van der Waals surface area contributed by atoms with Crippen LogP contribution in [0.5, 0.6) is 0 Å². The second kappa shape index (κ2) is 7.13. The van der Waals surface area contributed by atoms with Crippen LogP contribution in [0.1, 0.15) is 26.4 Å². The summed E-state index contributed by atoms with van der Waals surface area (Å²) in [6.07, 6.45) is 2.72. The van der Waals surface area contributed by atoms with Gasteiger partial charge in [-0.2, -0.15) is 0 Å². The smallest absolute Gasteiger partial charge is 0.272 e. The van der Waals surface area contributed by atoms with Crippen LogP contribution in [0.15, 0.2) is 29.5 Å². The number of amides is 3. The minimum absolute atomic E-state index is 0.0270. The van der Waals surface area contributed by atoms with Gasteiger partial charge in [-0.3, -0.25) is 19.2 Å². The number of aromatic amines is 1. The van der Waals surface area contributed by atoms with Gasteiger partial charge in [0.2, 0.25) is 5.91 Å². The average Bonchev–Trinajstić information content (AvgIpc) is 3.00. The molecule has 10 heteroatoms. The predicted molar refractivity (Wildman–Crippen MR) is 90.7 cm³/mol. The molecule has 2 aromatic heterocycles. The highest BCUT2D eigenvalue weighted by molar-refractivity contribution is 6.04. The number of fused-ring (bicyclic) bond motifs is 1. The van der Waals surface area contributed by atoms with Crippen LogP contribution in [-0.4, -0.2) is 57.7 Å². The largest absolute Gasteiger partial charge is 0.350 e. The van der Waals surface area contributed by atoms with E-state index >= 15 is 0 Å². The molecule has 0 spiro atoms. The van der Waals surface area contributed by atoms with E-state index in [1.807, 2.05) is 0 Å². The number of anilines is 1. The van der Waals surface area contributed by atoms with Gasteiger partial charge >= 0.3 is 0 Å². The molecular weight excluding hydrogens is 340 g/mol. The molecule has 1 aliphatic heterocycles. The van der Waals surface area contributed by atoms with Gasteiger partial charge in [0, 0.05) is 43.5 Å². The van der Waals surface area contributed by atoms with Crippen molar-refractivity contribution in [2.75, 3.05) is 25.5 Å². The first-order valence-corrected chi connectivity index (χ1v) is 7.82. The summed E-state index contributed by atoms with van der Waals surface area (Å²) in [5, 5.41) is 5.29. The lowest BCUT2D eigenvalue weighted by Crippen LogP contribution is -2.37. The number of likely N-dealkylation sites (N-methyl/N-ethyl adjacent to an activating group) is 1. The van der Waals surface area contributed by atoms with Crippen LogP contribution in [0.25, 0.3) is 0 Å². The lowest BCUT2D eigenvalue weighted by Gasteiger charge is -2.17. The fraction of sp³-hybridized carbons (Fsp3) is 0.250. The molecule has 0 saturated carbocycles. The first-order valence-electron chi connectivity index (χ1n) is 7.82. The Balaban J connectivity index is 1.58. The van der Waals surface area contributed by atoms with Gasteiger partial charge in [0.1, 0.15) is 11.5 Å². The number of hydrogen-bond acceptors (Lipinski definition) is 6. The van der Waals surface area contributed by atoms with Crippen molar-refractivity contribution in [2.24, 2.45) is 0 Å². The van der Waals surface area contributed by atoms with Crippen LogP contribution < -0.4 is 16.2 Å². The number of H-pyrrole nitrogens is 1. The molecule has 0 aromatic carbocycles. The molecule has 0 bridgehead atoms. The Hall–Kier alpha value is -3.56. The van der Waals surface area contributed by atoms with Gasteiger partial charge in [-0.1, -0.05) is 0 Å². The summed E-state index contributed by atoms with van der Waals surface area (Å²) < 4.78 is 0. The number of nitrogens with one attached hydrogen (secondary N) is 3. The maximum absolute atomic E-state index is 12.3. The first-order chi connectivity index (χ1) is 12.5. The fourth-order valence-corrected chi connectivity index (χ4v) is 2.54. The molecule has 0 atom stereocenters. The number of pyridine rings is 1. The molecule has 3 rings (SSSR count). The van der Waals surface area contributed by atoms with Crippen molar-refractivity contribution in [1.29, 1.82) is 0 Å². The molecule has 134 valence electrons. The number of rotatable bonds is 5. The minimum Gasteiger partial charge on any atom is -0.350 e. The normalized spacial score (nSPS) is 12.3. The van der Waals surface area contributed by atoms with Crippen molar-refractivity contribution in [3.8, 4) is 0 Å². The van der Waals surface area contributed by atoms with Crippen LogP contribution in [0.2, 0.25) is 0 Å². The van der Waals surface area contributed by atoms with E-state index in [-0.39, 0.29) is 37.0 Å². The standard InChI is InChI=1S/C16H16N6O4/c1-22(16(26)11-7-12(23)20-8-19-11)5-4-18-15(25)9-2-3-17-14-10(9)6-13(24)21-14/h2-3,7-8H,4-6H2,1H3,(H,18,25)(H,17,21,24)(H,19,20,23). The Bertz CT molecular complexity index is 938. The van der Waals surface area contributed by atoms with Crippen molar-refractivity contribution in [1.82, 2.24) is 25.2 Å². The zero-order chi connectivity index (χ0) is 18.7. The first kappa shape index (κ1) is 17.3. The number of carbonyl (C=O) groups excluding carboxylic acids is 3. The maximum Gasteiger partial charge on any atom is 0.272 e. The number of carbonyl (C=O) groups is 3. The Kier molecular flexibility index (Phi) is 4.74. The topological polar surface area (TPSA) is 137 Å². The van der Waals surface area contributed by atoms with Crippen molar-refractivity contribution in [3.63, 3.8) is 0 Å². The van der Waals surface area contributed by atoms with Gasteiger partial charge in [0.25, 0.3) is 17.4 Å². The molecule has 10 nitrogen and oxygen atoms in total. The third-order valence-corrected chi connectivity index (χ3v) is 3.87. The van der Waals surface area contributed by atoms with Crippen LogP contribution in [-0.2, 0) is 11.2 Å². The fourth-order valence-electron chi connectivity index (χ4n) is 2.54. The lowest BCUT2D eigenvalue weighted by molar-refractivity contribution is -0.115. The highest BCUT2D eigenvalue weighted by atomic mass is 16.2. The highest BCUT2D eigenvalue weighted by Gasteiger charge is 2.24. The molecule has 3 N–H and O–H groups in total. The van der Waals surface area contributed by atoms with Gasteiger partial charge in [0.05, 0.1) is 12.7 Å². The second-order valence-electron chi connectivity index (χ2n) is 5.69. The molecule has 0 unspecified atom stereocenters. The monoisotopic (exact) mass is 356 g/mol. The molecule has 0 radical (unpaired) electrons. The van der Waals surface area contributed by atoms with E-state index in [0.717, 1.165) is 12.4 Å². The van der Waals surface area contributed by atoms with Crippen LogP contribution in [0, 0.1) is 0 Å². The van der Waals surface area contributed by atoms with Gasteiger partial charge in [-0.05, 0) is 6.07 Å². The molecule has 1 aliphatic rings. The molecular formula is C16H16N6O4. The van der Waals surface area contributed by atoms with Crippen molar-refractivity contribution < 1.29 is 14.4 Å². The Labute approximate surface area is 147 Å². The van der Waals surface area contributed by atoms with Gasteiger partial charge in [-0.25, -0.2) is 9.97 Å². The number of nitrogens with zero attached hydrogens (tertiary/aromatic N) is 3. The van der Waals surface area contributed by atoms with Crippen molar-refractivity contribution in [2.45, 2.75) is 6.42 Å². The van der Waals surface area contributed by atoms with E-state index in [1.54, 1.807) is 13.1 Å². The molecule has 3 amide bonds. The zero-order valence-electron chi connectivity index (χ0n) is 13.9. The summed E-state index contributed by atoms with van der Waals surface area (Å²) >= 11 is 0. The summed E-state index contributed by atoms with van der Waals surface area (Å²) in [4.78, 5) is 58.7. The Morgan fingerprint density at radius 2 is 2.12 bits per heavy atom. The molecule has 26 heavy (non-hydrogen) atoms. The molecule has 2 aromatic rings. The molecule has 0 fully saturated rings. The summed E-state index contributed by atoms with van der Waals surface area (Å²) in [6, 6.07) is 2.66. The Morgan fingerprint density at radius 3 is 2.88 bits per heavy atom.